The van der Waals surface area contributed by atoms with Crippen molar-refractivity contribution in [2.45, 2.75) is 32.2 Å². The number of nitrogens with zero attached hydrogens (tertiary/aromatic N) is 4. The molecule has 0 saturated carbocycles. The van der Waals surface area contributed by atoms with Crippen molar-refractivity contribution in [2.75, 3.05) is 0 Å². The molecule has 6 rings (SSSR count). The molecular weight excluding hydrogens is 994 g/mol. The van der Waals surface area contributed by atoms with E-state index >= 15 is 0 Å². The fraction of sp³-hybridized carbons (Fsp3) is 0.135. The van der Waals surface area contributed by atoms with Gasteiger partial charge in [-0.1, -0.05) is 24.3 Å². The van der Waals surface area contributed by atoms with Gasteiger partial charge >= 0.3 is 41.7 Å². The summed E-state index contributed by atoms with van der Waals surface area (Å²) in [5.74, 6) is -0.559. The van der Waals surface area contributed by atoms with Crippen molar-refractivity contribution in [3.8, 4) is 45.1 Å². The van der Waals surface area contributed by atoms with E-state index in [1.807, 2.05) is 73.3 Å². The maximum Gasteiger partial charge on any atom is 0.673 e. The quantitative estimate of drug-likeness (QED) is 0.0778. The molecule has 0 N–H and O–H groups in total. The normalized spacial score (nSPS) is 11.8. The molecular formula is C37H30B4F22N4O2. The van der Waals surface area contributed by atoms with Crippen molar-refractivity contribution < 1.29 is 123 Å². The van der Waals surface area contributed by atoms with Gasteiger partial charge in [0.1, 0.15) is 0 Å². The van der Waals surface area contributed by atoms with Crippen LogP contribution in [0.25, 0.3) is 33.6 Å². The second kappa shape index (κ2) is 25.1. The van der Waals surface area contributed by atoms with Gasteiger partial charge in [0.05, 0.1) is 6.42 Å². The second-order valence-corrected chi connectivity index (χ2v) is 13.0. The van der Waals surface area contributed by atoms with Crippen LogP contribution in [-0.2, 0) is 13.1 Å². The van der Waals surface area contributed by atoms with Crippen LogP contribution >= 0.6 is 0 Å². The third-order valence-electron chi connectivity index (χ3n) is 7.68. The summed E-state index contributed by atoms with van der Waals surface area (Å²) >= 11 is 0. The Balaban J connectivity index is 0.000000688. The number of aryl methyl sites for hydroxylation is 2. The van der Waals surface area contributed by atoms with Gasteiger partial charge in [-0.05, 0) is 34.4 Å². The molecule has 0 aliphatic heterocycles. The zero-order valence-corrected chi connectivity index (χ0v) is 34.2. The molecule has 376 valence electrons. The van der Waals surface area contributed by atoms with Crippen LogP contribution < -0.4 is 27.7 Å². The summed E-state index contributed by atoms with van der Waals surface area (Å²) in [6, 6.07) is 27.3. The van der Waals surface area contributed by atoms with Gasteiger partial charge in [0.25, 0.3) is 11.4 Å². The molecule has 0 saturated heterocycles. The molecule has 4 heterocycles. The zero-order chi connectivity index (χ0) is 52.4. The van der Waals surface area contributed by atoms with Crippen LogP contribution in [0.1, 0.15) is 6.42 Å². The number of para-hydroxylation sites is 4. The number of ether oxygens (including phenoxy) is 2. The fourth-order valence-corrected chi connectivity index (χ4v) is 5.36. The smallest absolute Gasteiger partial charge is 0.418 e. The van der Waals surface area contributed by atoms with Crippen molar-refractivity contribution in [1.82, 2.24) is 0 Å². The van der Waals surface area contributed by atoms with E-state index in [2.05, 4.69) is 18.6 Å². The molecule has 0 aliphatic carbocycles. The summed E-state index contributed by atoms with van der Waals surface area (Å²) in [6.45, 7) is 1.58. The molecule has 4 aromatic heterocycles. The van der Waals surface area contributed by atoms with Crippen molar-refractivity contribution in [2.24, 2.45) is 0 Å². The minimum atomic E-state index is -6.00. The van der Waals surface area contributed by atoms with Crippen molar-refractivity contribution in [3.05, 3.63) is 147 Å². The molecule has 2 aromatic carbocycles. The zero-order valence-electron chi connectivity index (χ0n) is 34.2. The van der Waals surface area contributed by atoms with E-state index in [0.717, 1.165) is 41.8 Å². The van der Waals surface area contributed by atoms with E-state index in [4.69, 9.17) is 0 Å². The number of hydrogen-bond acceptors (Lipinski definition) is 2. The Bertz CT molecular complexity index is 2220. The molecule has 0 bridgehead atoms. The lowest BCUT2D eigenvalue weighted by Crippen LogP contribution is -2.38. The van der Waals surface area contributed by atoms with Gasteiger partial charge < -0.3 is 78.5 Å². The van der Waals surface area contributed by atoms with E-state index in [-0.39, 0.29) is 22.9 Å². The first-order valence-electron chi connectivity index (χ1n) is 18.7. The molecule has 32 heteroatoms. The highest BCUT2D eigenvalue weighted by Crippen LogP contribution is 2.28. The number of aromatic nitrogens is 4. The van der Waals surface area contributed by atoms with Crippen LogP contribution in [0.3, 0.4) is 0 Å². The summed E-state index contributed by atoms with van der Waals surface area (Å²) in [7, 11) is -24.0. The number of rotatable bonds is 10. The Morgan fingerprint density at radius 2 is 0.551 bits per heavy atom. The maximum absolute atomic E-state index is 12.8. The third-order valence-corrected chi connectivity index (χ3v) is 7.68. The maximum atomic E-state index is 12.8. The topological polar surface area (TPSA) is 34.0 Å². The summed E-state index contributed by atoms with van der Waals surface area (Å²) in [5, 5.41) is 0. The first-order chi connectivity index (χ1) is 31.5. The molecule has 0 aliphatic rings. The van der Waals surface area contributed by atoms with Gasteiger partial charge in [-0.15, -0.1) is 26.3 Å². The summed E-state index contributed by atoms with van der Waals surface area (Å²) < 4.78 is 249. The van der Waals surface area contributed by atoms with E-state index in [1.54, 1.807) is 58.2 Å². The summed E-state index contributed by atoms with van der Waals surface area (Å²) in [6.07, 6.45) is 6.07. The van der Waals surface area contributed by atoms with Crippen LogP contribution in [0.4, 0.5) is 95.4 Å². The molecule has 0 spiro atoms. The largest absolute Gasteiger partial charge is 0.673 e. The highest BCUT2D eigenvalue weighted by Gasteiger charge is 2.35. The minimum absolute atomic E-state index is 0.279. The Hall–Kier alpha value is -6.64. The minimum Gasteiger partial charge on any atom is -0.418 e. The Labute approximate surface area is 376 Å². The predicted molar refractivity (Wildman–Crippen MR) is 206 cm³/mol. The monoisotopic (exact) mass is 1020 g/mol. The lowest BCUT2D eigenvalue weighted by molar-refractivity contribution is -0.726. The molecule has 0 fully saturated rings. The second-order valence-electron chi connectivity index (χ2n) is 13.0. The van der Waals surface area contributed by atoms with Gasteiger partial charge in [0.15, 0.2) is 62.7 Å². The van der Waals surface area contributed by atoms with Gasteiger partial charge in [0.2, 0.25) is 11.5 Å². The predicted octanol–water partition coefficient (Wildman–Crippen LogP) is 12.2. The standard InChI is InChI=1S/C37H30F6N4O2.4BF4/c38-36(39,40)48-34-8-3-1-6-32(34)46-24-14-30(15-25-46)28-10-20-44(21-11-28)18-5-19-45-22-12-29(13-23-45)31-16-26-47(27-17-31)33-7-2-4-9-35(33)49-37(41,42)43;4*2-1(3,4)5/h1-4,6-17,20-27H,5,18-19H2;;;;/q+4;4*-1. The van der Waals surface area contributed by atoms with Crippen molar-refractivity contribution >= 4 is 29.0 Å². The molecule has 6 aromatic rings. The summed E-state index contributed by atoms with van der Waals surface area (Å²) in [5.41, 5.74) is 4.34. The Morgan fingerprint density at radius 1 is 0.333 bits per heavy atom. The average molecular weight is 1020 g/mol. The first kappa shape index (κ1) is 58.5. The number of hydrogen-bond donors (Lipinski definition) is 0. The highest BCUT2D eigenvalue weighted by molar-refractivity contribution is 6.51. The Kier molecular flexibility index (Phi) is 21.3. The van der Waals surface area contributed by atoms with Crippen LogP contribution in [0.5, 0.6) is 11.5 Å². The molecule has 0 atom stereocenters. The molecule has 69 heavy (non-hydrogen) atoms. The van der Waals surface area contributed by atoms with E-state index in [9.17, 15) is 95.4 Å². The number of halogens is 22. The molecule has 6 nitrogen and oxygen atoms in total. The molecule has 0 radical (unpaired) electrons. The van der Waals surface area contributed by atoms with Gasteiger partial charge in [0, 0.05) is 60.7 Å². The van der Waals surface area contributed by atoms with Gasteiger partial charge in [-0.2, -0.15) is 9.13 Å². The van der Waals surface area contributed by atoms with E-state index < -0.39 is 41.7 Å². The lowest BCUT2D eigenvalue weighted by Gasteiger charge is -2.09. The van der Waals surface area contributed by atoms with E-state index in [0.29, 0.717) is 0 Å². The van der Waals surface area contributed by atoms with Crippen LogP contribution in [-0.4, -0.2) is 41.7 Å². The Morgan fingerprint density at radius 3 is 0.783 bits per heavy atom. The number of benzene rings is 2. The SMILES string of the molecule is FC(F)(F)Oc1ccccc1-[n+]1ccc(-c2cc[n+](CCC[n+]3ccc(-c4cc[n+](-c5ccccc5OC(F)(F)F)cc4)cc3)cc2)cc1.F[B-](F)(F)F.F[B-](F)(F)F.F[B-](F)(F)F.F[B-](F)(F)F. The van der Waals surface area contributed by atoms with Crippen molar-refractivity contribution in [1.29, 1.82) is 0 Å². The molecule has 0 amide bonds. The highest BCUT2D eigenvalue weighted by atomic mass is 19.5. The van der Waals surface area contributed by atoms with Gasteiger partial charge in [-0.3, -0.25) is 0 Å². The number of pyridine rings is 4. The summed E-state index contributed by atoms with van der Waals surface area (Å²) in [4.78, 5) is 0. The average Bonchev–Trinajstić information content (AvgIpc) is 3.18. The van der Waals surface area contributed by atoms with Gasteiger partial charge in [-0.25, -0.2) is 9.13 Å². The van der Waals surface area contributed by atoms with Crippen molar-refractivity contribution in [3.63, 3.8) is 0 Å². The third kappa shape index (κ3) is 28.3. The lowest BCUT2D eigenvalue weighted by atomic mass is 10.1. The van der Waals surface area contributed by atoms with Crippen LogP contribution in [0.2, 0.25) is 0 Å². The molecule has 0 unspecified atom stereocenters. The van der Waals surface area contributed by atoms with Crippen LogP contribution in [0.15, 0.2) is 147 Å². The number of alkyl halides is 6. The van der Waals surface area contributed by atoms with E-state index in [1.165, 1.54) is 24.3 Å². The first-order valence-corrected chi connectivity index (χ1v) is 18.7. The van der Waals surface area contributed by atoms with Crippen LogP contribution in [0, 0.1) is 0 Å². The fourth-order valence-electron chi connectivity index (χ4n) is 5.36.